The van der Waals surface area contributed by atoms with E-state index >= 15 is 0 Å². The third-order valence-electron chi connectivity index (χ3n) is 3.16. The van der Waals surface area contributed by atoms with Crippen LogP contribution in [-0.2, 0) is 0 Å². The van der Waals surface area contributed by atoms with Crippen LogP contribution in [0.4, 0.5) is 5.69 Å². The Balaban J connectivity index is 1.97. The van der Waals surface area contributed by atoms with Gasteiger partial charge >= 0.3 is 0 Å². The SMILES string of the molecule is CCC(=S)N1CCN(c2ccc(C#N)nc2)CC1. The standard InChI is InChI=1S/C13H16N4S/c1-2-13(18)17-7-5-16(6-8-17)12-4-3-11(9-14)15-10-12/h3-4,10H,2,5-8H2,1H3. The van der Waals surface area contributed by atoms with Gasteiger partial charge in [0.05, 0.1) is 16.9 Å². The molecule has 0 unspecified atom stereocenters. The molecule has 2 rings (SSSR count). The molecular formula is C13H16N4S. The van der Waals surface area contributed by atoms with Gasteiger partial charge in [-0.1, -0.05) is 19.1 Å². The molecule has 1 aromatic rings. The predicted octanol–water partition coefficient (Wildman–Crippen LogP) is 1.81. The smallest absolute Gasteiger partial charge is 0.140 e. The molecular weight excluding hydrogens is 244 g/mol. The monoisotopic (exact) mass is 260 g/mol. The quantitative estimate of drug-likeness (QED) is 0.759. The molecule has 1 saturated heterocycles. The van der Waals surface area contributed by atoms with Gasteiger partial charge in [0.25, 0.3) is 0 Å². The highest BCUT2D eigenvalue weighted by Crippen LogP contribution is 2.16. The van der Waals surface area contributed by atoms with Crippen LogP contribution in [0.25, 0.3) is 0 Å². The van der Waals surface area contributed by atoms with Crippen LogP contribution in [0.3, 0.4) is 0 Å². The predicted molar refractivity (Wildman–Crippen MR) is 75.6 cm³/mol. The van der Waals surface area contributed by atoms with E-state index in [0.717, 1.165) is 43.3 Å². The summed E-state index contributed by atoms with van der Waals surface area (Å²) in [5.74, 6) is 0. The molecule has 1 aliphatic rings. The van der Waals surface area contributed by atoms with Crippen molar-refractivity contribution in [1.29, 1.82) is 5.26 Å². The average molecular weight is 260 g/mol. The van der Waals surface area contributed by atoms with Crippen molar-refractivity contribution >= 4 is 22.9 Å². The third-order valence-corrected chi connectivity index (χ3v) is 3.71. The number of aromatic nitrogens is 1. The van der Waals surface area contributed by atoms with Crippen molar-refractivity contribution in [2.75, 3.05) is 31.1 Å². The summed E-state index contributed by atoms with van der Waals surface area (Å²) in [5, 5.41) is 8.71. The number of piperazine rings is 1. The maximum atomic E-state index is 8.71. The van der Waals surface area contributed by atoms with E-state index in [1.165, 1.54) is 0 Å². The van der Waals surface area contributed by atoms with Crippen molar-refractivity contribution in [1.82, 2.24) is 9.88 Å². The Hall–Kier alpha value is -1.67. The van der Waals surface area contributed by atoms with Crippen molar-refractivity contribution in [3.63, 3.8) is 0 Å². The van der Waals surface area contributed by atoms with E-state index in [1.807, 2.05) is 12.1 Å². The van der Waals surface area contributed by atoms with Gasteiger partial charge in [-0.25, -0.2) is 4.98 Å². The highest BCUT2D eigenvalue weighted by molar-refractivity contribution is 7.80. The number of nitrogens with zero attached hydrogens (tertiary/aromatic N) is 4. The largest absolute Gasteiger partial charge is 0.367 e. The van der Waals surface area contributed by atoms with E-state index in [1.54, 1.807) is 12.3 Å². The first kappa shape index (κ1) is 12.8. The molecule has 0 amide bonds. The zero-order valence-electron chi connectivity index (χ0n) is 10.5. The molecule has 0 saturated carbocycles. The molecule has 0 atom stereocenters. The third kappa shape index (κ3) is 2.77. The van der Waals surface area contributed by atoms with Gasteiger partial charge in [0.2, 0.25) is 0 Å². The van der Waals surface area contributed by atoms with Crippen LogP contribution in [0.15, 0.2) is 18.3 Å². The van der Waals surface area contributed by atoms with Crippen molar-refractivity contribution in [2.45, 2.75) is 13.3 Å². The summed E-state index contributed by atoms with van der Waals surface area (Å²) in [5.41, 5.74) is 1.54. The molecule has 0 spiro atoms. The molecule has 0 N–H and O–H groups in total. The molecule has 5 heteroatoms. The second-order valence-corrected chi connectivity index (χ2v) is 4.71. The Bertz CT molecular complexity index is 455. The Morgan fingerprint density at radius 2 is 2.11 bits per heavy atom. The Morgan fingerprint density at radius 3 is 2.61 bits per heavy atom. The van der Waals surface area contributed by atoms with Crippen LogP contribution in [0.2, 0.25) is 0 Å². The summed E-state index contributed by atoms with van der Waals surface area (Å²) in [4.78, 5) is 9.70. The Kier molecular flexibility index (Phi) is 4.11. The lowest BCUT2D eigenvalue weighted by Gasteiger charge is -2.37. The molecule has 0 radical (unpaired) electrons. The lowest BCUT2D eigenvalue weighted by molar-refractivity contribution is 0.386. The molecule has 94 valence electrons. The highest BCUT2D eigenvalue weighted by atomic mass is 32.1. The zero-order valence-corrected chi connectivity index (χ0v) is 11.3. The van der Waals surface area contributed by atoms with E-state index in [4.69, 9.17) is 17.5 Å². The van der Waals surface area contributed by atoms with Gasteiger partial charge in [0.15, 0.2) is 0 Å². The van der Waals surface area contributed by atoms with E-state index in [2.05, 4.69) is 21.7 Å². The van der Waals surface area contributed by atoms with Gasteiger partial charge in [0, 0.05) is 26.2 Å². The first-order valence-electron chi connectivity index (χ1n) is 6.13. The minimum atomic E-state index is 0.463. The summed E-state index contributed by atoms with van der Waals surface area (Å²) in [7, 11) is 0. The maximum absolute atomic E-state index is 8.71. The zero-order chi connectivity index (χ0) is 13.0. The van der Waals surface area contributed by atoms with Gasteiger partial charge < -0.3 is 9.80 Å². The van der Waals surface area contributed by atoms with Crippen LogP contribution < -0.4 is 4.90 Å². The van der Waals surface area contributed by atoms with Crippen LogP contribution in [0.5, 0.6) is 0 Å². The fourth-order valence-electron chi connectivity index (χ4n) is 2.08. The number of rotatable bonds is 2. The number of nitriles is 1. The highest BCUT2D eigenvalue weighted by Gasteiger charge is 2.18. The summed E-state index contributed by atoms with van der Waals surface area (Å²) in [6, 6.07) is 5.75. The molecule has 0 aliphatic carbocycles. The first-order chi connectivity index (χ1) is 8.74. The summed E-state index contributed by atoms with van der Waals surface area (Å²) >= 11 is 5.32. The summed E-state index contributed by atoms with van der Waals surface area (Å²) in [6.45, 7) is 5.93. The molecule has 1 aliphatic heterocycles. The normalized spacial score (nSPS) is 15.3. The minimum absolute atomic E-state index is 0.463. The van der Waals surface area contributed by atoms with Crippen LogP contribution >= 0.6 is 12.2 Å². The van der Waals surface area contributed by atoms with E-state index in [9.17, 15) is 0 Å². The lowest BCUT2D eigenvalue weighted by atomic mass is 10.2. The van der Waals surface area contributed by atoms with Crippen LogP contribution in [0.1, 0.15) is 19.0 Å². The molecule has 18 heavy (non-hydrogen) atoms. The minimum Gasteiger partial charge on any atom is -0.367 e. The van der Waals surface area contributed by atoms with Gasteiger partial charge in [-0.2, -0.15) is 5.26 Å². The van der Waals surface area contributed by atoms with Gasteiger partial charge in [0.1, 0.15) is 11.8 Å². The average Bonchev–Trinajstić information content (AvgIpc) is 2.47. The maximum Gasteiger partial charge on any atom is 0.140 e. The second-order valence-electron chi connectivity index (χ2n) is 4.23. The molecule has 1 aromatic heterocycles. The van der Waals surface area contributed by atoms with E-state index in [-0.39, 0.29) is 0 Å². The van der Waals surface area contributed by atoms with Crippen molar-refractivity contribution in [3.05, 3.63) is 24.0 Å². The van der Waals surface area contributed by atoms with Crippen LogP contribution in [0, 0.1) is 11.3 Å². The lowest BCUT2D eigenvalue weighted by Crippen LogP contribution is -2.48. The van der Waals surface area contributed by atoms with Crippen molar-refractivity contribution in [3.8, 4) is 6.07 Å². The fourth-order valence-corrected chi connectivity index (χ4v) is 2.26. The Morgan fingerprint density at radius 1 is 1.39 bits per heavy atom. The van der Waals surface area contributed by atoms with Crippen molar-refractivity contribution in [2.24, 2.45) is 0 Å². The molecule has 2 heterocycles. The molecule has 0 bridgehead atoms. The van der Waals surface area contributed by atoms with Crippen LogP contribution in [-0.4, -0.2) is 41.1 Å². The number of hydrogen-bond donors (Lipinski definition) is 0. The number of pyridine rings is 1. The van der Waals surface area contributed by atoms with Gasteiger partial charge in [-0.05, 0) is 18.6 Å². The first-order valence-corrected chi connectivity index (χ1v) is 6.54. The van der Waals surface area contributed by atoms with E-state index < -0.39 is 0 Å². The van der Waals surface area contributed by atoms with Crippen molar-refractivity contribution < 1.29 is 0 Å². The fraction of sp³-hybridized carbons (Fsp3) is 0.462. The van der Waals surface area contributed by atoms with Gasteiger partial charge in [-0.15, -0.1) is 0 Å². The summed E-state index contributed by atoms with van der Waals surface area (Å²) < 4.78 is 0. The van der Waals surface area contributed by atoms with E-state index in [0.29, 0.717) is 5.69 Å². The molecule has 4 nitrogen and oxygen atoms in total. The number of hydrogen-bond acceptors (Lipinski definition) is 4. The van der Waals surface area contributed by atoms with Gasteiger partial charge in [-0.3, -0.25) is 0 Å². The Labute approximate surface area is 113 Å². The molecule has 1 fully saturated rings. The summed E-state index contributed by atoms with van der Waals surface area (Å²) in [6.07, 6.45) is 2.71. The second kappa shape index (κ2) is 5.78. The molecule has 0 aromatic carbocycles. The number of anilines is 1. The topological polar surface area (TPSA) is 43.2 Å². The number of thiocarbonyl (C=S) groups is 1.